The number of para-hydroxylation sites is 2. The summed E-state index contributed by atoms with van der Waals surface area (Å²) >= 11 is 0. The molecule has 0 aliphatic rings. The molecule has 0 spiro atoms. The lowest BCUT2D eigenvalue weighted by Gasteiger charge is -2.14. The summed E-state index contributed by atoms with van der Waals surface area (Å²) in [5.74, 6) is 0.929. The molecule has 0 heterocycles. The molecular formula is C15H17NO. The van der Waals surface area contributed by atoms with E-state index in [1.807, 2.05) is 49.4 Å². The summed E-state index contributed by atoms with van der Waals surface area (Å²) in [6.07, 6.45) is 0. The van der Waals surface area contributed by atoms with Crippen LogP contribution in [0.15, 0.2) is 48.5 Å². The van der Waals surface area contributed by atoms with Crippen molar-refractivity contribution in [3.8, 4) is 5.75 Å². The summed E-state index contributed by atoms with van der Waals surface area (Å²) in [6, 6.07) is 16.2. The Morgan fingerprint density at radius 1 is 1.00 bits per heavy atom. The number of hydrogen-bond acceptors (Lipinski definition) is 2. The van der Waals surface area contributed by atoms with Gasteiger partial charge in [-0.25, -0.2) is 0 Å². The molecule has 0 aliphatic heterocycles. The third kappa shape index (κ3) is 2.78. The molecule has 0 bridgehead atoms. The molecule has 0 aliphatic carbocycles. The Hall–Kier alpha value is -1.96. The van der Waals surface area contributed by atoms with E-state index in [1.165, 1.54) is 0 Å². The first kappa shape index (κ1) is 11.5. The fraction of sp³-hybridized carbons (Fsp3) is 0.200. The first-order valence-electron chi connectivity index (χ1n) is 5.85. The third-order valence-corrected chi connectivity index (χ3v) is 2.55. The van der Waals surface area contributed by atoms with Crippen LogP contribution in [0.4, 0.5) is 11.4 Å². The number of aryl methyl sites for hydroxylation is 1. The van der Waals surface area contributed by atoms with E-state index in [9.17, 15) is 0 Å². The number of ether oxygens (including phenoxy) is 1. The Balaban J connectivity index is 2.29. The highest BCUT2D eigenvalue weighted by molar-refractivity contribution is 5.68. The first-order valence-corrected chi connectivity index (χ1v) is 5.85. The summed E-state index contributed by atoms with van der Waals surface area (Å²) in [7, 11) is 0. The van der Waals surface area contributed by atoms with E-state index < -0.39 is 0 Å². The van der Waals surface area contributed by atoms with Gasteiger partial charge >= 0.3 is 0 Å². The van der Waals surface area contributed by atoms with Crippen molar-refractivity contribution in [3.63, 3.8) is 0 Å². The summed E-state index contributed by atoms with van der Waals surface area (Å²) in [5.41, 5.74) is 3.23. The van der Waals surface area contributed by atoms with Gasteiger partial charge in [0.15, 0.2) is 0 Å². The molecule has 0 saturated heterocycles. The van der Waals surface area contributed by atoms with Crippen LogP contribution >= 0.6 is 0 Å². The second-order valence-corrected chi connectivity index (χ2v) is 3.88. The highest BCUT2D eigenvalue weighted by Gasteiger charge is 2.06. The number of benzene rings is 2. The number of rotatable bonds is 4. The average molecular weight is 227 g/mol. The minimum absolute atomic E-state index is 0.675. The second kappa shape index (κ2) is 5.39. The molecule has 0 atom stereocenters. The van der Waals surface area contributed by atoms with Crippen molar-refractivity contribution < 1.29 is 4.74 Å². The second-order valence-electron chi connectivity index (χ2n) is 3.88. The Kier molecular flexibility index (Phi) is 3.66. The lowest BCUT2D eigenvalue weighted by molar-refractivity contribution is 0.339. The Labute approximate surface area is 102 Å². The molecule has 2 nitrogen and oxygen atoms in total. The van der Waals surface area contributed by atoms with Gasteiger partial charge in [-0.1, -0.05) is 30.3 Å². The van der Waals surface area contributed by atoms with Crippen molar-refractivity contribution in [2.24, 2.45) is 0 Å². The molecule has 17 heavy (non-hydrogen) atoms. The Bertz CT molecular complexity index is 480. The molecule has 0 unspecified atom stereocenters. The van der Waals surface area contributed by atoms with Gasteiger partial charge in [0.2, 0.25) is 0 Å². The number of hydrogen-bond donors (Lipinski definition) is 1. The van der Waals surface area contributed by atoms with Crippen molar-refractivity contribution in [1.29, 1.82) is 0 Å². The maximum Gasteiger partial charge on any atom is 0.145 e. The number of nitrogens with one attached hydrogen (secondary N) is 1. The molecule has 88 valence electrons. The highest BCUT2D eigenvalue weighted by atomic mass is 16.5. The van der Waals surface area contributed by atoms with Gasteiger partial charge < -0.3 is 10.1 Å². The normalized spacial score (nSPS) is 10.0. The van der Waals surface area contributed by atoms with Crippen LogP contribution in [0, 0.1) is 6.92 Å². The Morgan fingerprint density at radius 2 is 1.76 bits per heavy atom. The zero-order valence-electron chi connectivity index (χ0n) is 10.2. The van der Waals surface area contributed by atoms with Crippen molar-refractivity contribution in [3.05, 3.63) is 54.1 Å². The predicted molar refractivity (Wildman–Crippen MR) is 72.1 cm³/mol. The van der Waals surface area contributed by atoms with Gasteiger partial charge in [0.25, 0.3) is 0 Å². The molecule has 2 rings (SSSR count). The summed E-state index contributed by atoms with van der Waals surface area (Å²) in [4.78, 5) is 0. The van der Waals surface area contributed by atoms with Crippen LogP contribution in [-0.4, -0.2) is 6.61 Å². The third-order valence-electron chi connectivity index (χ3n) is 2.55. The van der Waals surface area contributed by atoms with Crippen LogP contribution in [0.2, 0.25) is 0 Å². The molecule has 2 aromatic rings. The molecular weight excluding hydrogens is 210 g/mol. The van der Waals surface area contributed by atoms with Crippen LogP contribution < -0.4 is 10.1 Å². The van der Waals surface area contributed by atoms with Crippen molar-refractivity contribution in [2.75, 3.05) is 11.9 Å². The van der Waals surface area contributed by atoms with E-state index in [-0.39, 0.29) is 0 Å². The van der Waals surface area contributed by atoms with Gasteiger partial charge in [-0.15, -0.1) is 0 Å². The van der Waals surface area contributed by atoms with Gasteiger partial charge in [0, 0.05) is 5.69 Å². The van der Waals surface area contributed by atoms with E-state index >= 15 is 0 Å². The largest absolute Gasteiger partial charge is 0.491 e. The zero-order chi connectivity index (χ0) is 12.1. The Morgan fingerprint density at radius 3 is 2.47 bits per heavy atom. The quantitative estimate of drug-likeness (QED) is 0.847. The van der Waals surface area contributed by atoms with Gasteiger partial charge in [-0.3, -0.25) is 0 Å². The first-order chi connectivity index (χ1) is 8.31. The molecule has 2 heteroatoms. The van der Waals surface area contributed by atoms with Gasteiger partial charge in [-0.05, 0) is 37.6 Å². The maximum atomic E-state index is 5.68. The lowest BCUT2D eigenvalue weighted by Crippen LogP contribution is -1.99. The van der Waals surface area contributed by atoms with Gasteiger partial charge in [0.05, 0.1) is 12.3 Å². The van der Waals surface area contributed by atoms with Crippen LogP contribution in [0.5, 0.6) is 5.75 Å². The minimum atomic E-state index is 0.675. The molecule has 2 aromatic carbocycles. The van der Waals surface area contributed by atoms with Crippen LogP contribution in [0.3, 0.4) is 0 Å². The zero-order valence-corrected chi connectivity index (χ0v) is 10.2. The monoisotopic (exact) mass is 227 g/mol. The fourth-order valence-corrected chi connectivity index (χ4v) is 1.76. The van der Waals surface area contributed by atoms with Crippen molar-refractivity contribution in [2.45, 2.75) is 13.8 Å². The maximum absolute atomic E-state index is 5.68. The topological polar surface area (TPSA) is 21.3 Å². The summed E-state index contributed by atoms with van der Waals surface area (Å²) < 4.78 is 5.68. The van der Waals surface area contributed by atoms with Gasteiger partial charge in [0.1, 0.15) is 5.75 Å². The summed E-state index contributed by atoms with van der Waals surface area (Å²) in [6.45, 7) is 4.73. The van der Waals surface area contributed by atoms with E-state index in [0.717, 1.165) is 22.7 Å². The number of anilines is 2. The van der Waals surface area contributed by atoms with E-state index in [1.54, 1.807) is 0 Å². The van der Waals surface area contributed by atoms with Crippen LogP contribution in [0.25, 0.3) is 0 Å². The molecule has 0 radical (unpaired) electrons. The van der Waals surface area contributed by atoms with E-state index in [4.69, 9.17) is 4.74 Å². The molecule has 0 aromatic heterocycles. The van der Waals surface area contributed by atoms with Crippen LogP contribution in [-0.2, 0) is 0 Å². The van der Waals surface area contributed by atoms with E-state index in [2.05, 4.69) is 18.3 Å². The fourth-order valence-electron chi connectivity index (χ4n) is 1.76. The van der Waals surface area contributed by atoms with Crippen molar-refractivity contribution in [1.82, 2.24) is 0 Å². The minimum Gasteiger partial charge on any atom is -0.491 e. The molecule has 0 saturated carbocycles. The van der Waals surface area contributed by atoms with Crippen molar-refractivity contribution >= 4 is 11.4 Å². The van der Waals surface area contributed by atoms with E-state index in [0.29, 0.717) is 6.61 Å². The average Bonchev–Trinajstić information content (AvgIpc) is 2.35. The standard InChI is InChI=1S/C15H17NO/c1-3-17-15-12(2)8-7-11-14(15)16-13-9-5-4-6-10-13/h4-11,16H,3H2,1-2H3. The predicted octanol–water partition coefficient (Wildman–Crippen LogP) is 4.14. The SMILES string of the molecule is CCOc1c(C)cccc1Nc1ccccc1. The smallest absolute Gasteiger partial charge is 0.145 e. The highest BCUT2D eigenvalue weighted by Crippen LogP contribution is 2.30. The molecule has 0 fully saturated rings. The van der Waals surface area contributed by atoms with Gasteiger partial charge in [-0.2, -0.15) is 0 Å². The summed E-state index contributed by atoms with van der Waals surface area (Å²) in [5, 5.41) is 3.37. The lowest BCUT2D eigenvalue weighted by atomic mass is 10.2. The van der Waals surface area contributed by atoms with Crippen LogP contribution in [0.1, 0.15) is 12.5 Å². The molecule has 0 amide bonds. The molecule has 1 N–H and O–H groups in total.